The summed E-state index contributed by atoms with van der Waals surface area (Å²) in [6.45, 7) is 6.82. The molecule has 2 unspecified atom stereocenters. The molecule has 4 aromatic carbocycles. The van der Waals surface area contributed by atoms with E-state index in [2.05, 4.69) is 135 Å². The van der Waals surface area contributed by atoms with Gasteiger partial charge in [-0.15, -0.1) is 0 Å². The first-order chi connectivity index (χ1) is 23.3. The summed E-state index contributed by atoms with van der Waals surface area (Å²) in [4.78, 5) is 0. The van der Waals surface area contributed by atoms with Gasteiger partial charge in [-0.2, -0.15) is 0 Å². The van der Waals surface area contributed by atoms with Crippen molar-refractivity contribution in [2.45, 2.75) is 114 Å². The third-order valence-corrected chi connectivity index (χ3v) is 15.6. The highest BCUT2D eigenvalue weighted by atomic mass is 32.2. The molecule has 0 aromatic heterocycles. The summed E-state index contributed by atoms with van der Waals surface area (Å²) in [5.41, 5.74) is 7.47. The molecule has 0 bridgehead atoms. The van der Waals surface area contributed by atoms with Gasteiger partial charge in [-0.25, -0.2) is 8.51 Å². The Bertz CT molecular complexity index is 1590. The van der Waals surface area contributed by atoms with Gasteiger partial charge in [-0.05, 0) is 91.7 Å². The van der Waals surface area contributed by atoms with Gasteiger partial charge in [0.2, 0.25) is 0 Å². The monoisotopic (exact) mass is 679 g/mol. The molecule has 48 heavy (non-hydrogen) atoms. The van der Waals surface area contributed by atoms with Crippen molar-refractivity contribution in [1.82, 2.24) is 4.31 Å². The van der Waals surface area contributed by atoms with Crippen molar-refractivity contribution in [3.05, 3.63) is 120 Å². The maximum absolute atomic E-state index is 14.3. The Balaban J connectivity index is 1.52. The van der Waals surface area contributed by atoms with Crippen molar-refractivity contribution < 1.29 is 8.95 Å². The zero-order chi connectivity index (χ0) is 33.5. The van der Waals surface area contributed by atoms with E-state index >= 15 is 0 Å². The zero-order valence-electron chi connectivity index (χ0n) is 29.4. The van der Waals surface area contributed by atoms with E-state index in [1.807, 2.05) is 0 Å². The van der Waals surface area contributed by atoms with E-state index in [0.717, 1.165) is 5.75 Å². The average Bonchev–Trinajstić information content (AvgIpc) is 3.13. The highest BCUT2D eigenvalue weighted by Gasteiger charge is 2.39. The number of rotatable bonds is 11. The van der Waals surface area contributed by atoms with E-state index in [1.165, 1.54) is 97.3 Å². The van der Waals surface area contributed by atoms with E-state index in [9.17, 15) is 4.21 Å². The highest BCUT2D eigenvalue weighted by molar-refractivity contribution is 7.84. The van der Waals surface area contributed by atoms with Gasteiger partial charge < -0.3 is 4.74 Å². The SMILES string of the molecule is CN(C(c1ccc(-c2ccccc2)cc1)c1cccc(OCc2ccccc2)c1P(C1CCCCC1)C1CCCCC1)S(=O)C(C)(C)C. The number of benzene rings is 4. The zero-order valence-corrected chi connectivity index (χ0v) is 31.2. The molecule has 2 atom stereocenters. The van der Waals surface area contributed by atoms with Crippen LogP contribution in [0, 0.1) is 0 Å². The topological polar surface area (TPSA) is 29.5 Å². The first-order valence-corrected chi connectivity index (χ1v) is 20.8. The Kier molecular flexibility index (Phi) is 11.9. The van der Waals surface area contributed by atoms with Crippen LogP contribution in [-0.2, 0) is 17.6 Å². The van der Waals surface area contributed by atoms with Gasteiger partial charge in [0, 0.05) is 12.4 Å². The fourth-order valence-electron chi connectivity index (χ4n) is 7.87. The fraction of sp³-hybridized carbons (Fsp3) is 0.442. The van der Waals surface area contributed by atoms with Crippen LogP contribution in [-0.4, -0.2) is 31.6 Å². The minimum Gasteiger partial charge on any atom is -0.488 e. The minimum absolute atomic E-state index is 0.165. The summed E-state index contributed by atoms with van der Waals surface area (Å²) in [6, 6.07) is 36.8. The average molecular weight is 680 g/mol. The Labute approximate surface area is 293 Å². The number of nitrogens with zero attached hydrogens (tertiary/aromatic N) is 1. The molecule has 0 heterocycles. The Morgan fingerprint density at radius 3 is 1.81 bits per heavy atom. The summed E-state index contributed by atoms with van der Waals surface area (Å²) in [6.07, 6.45) is 13.3. The lowest BCUT2D eigenvalue weighted by Gasteiger charge is -2.42. The largest absolute Gasteiger partial charge is 0.488 e. The second-order valence-corrected chi connectivity index (χ2v) is 19.8. The van der Waals surface area contributed by atoms with Gasteiger partial charge in [0.25, 0.3) is 0 Å². The Morgan fingerprint density at radius 2 is 1.25 bits per heavy atom. The number of hydrogen-bond acceptors (Lipinski definition) is 2. The molecule has 3 nitrogen and oxygen atoms in total. The van der Waals surface area contributed by atoms with Crippen LogP contribution in [0.1, 0.15) is 108 Å². The summed E-state index contributed by atoms with van der Waals surface area (Å²) in [5.74, 6) is 1.04. The van der Waals surface area contributed by atoms with E-state index in [-0.39, 0.29) is 6.04 Å². The maximum Gasteiger partial charge on any atom is 0.127 e. The molecule has 2 saturated carbocycles. The summed E-state index contributed by atoms with van der Waals surface area (Å²) >= 11 is 0. The standard InChI is InChI=1S/C43H54NO2PS/c1-43(2,3)48(45)44(4)41(36-30-28-35(29-31-36)34-20-11-6-12-21-34)39-26-17-27-40(46-32-33-18-9-5-10-19-33)42(39)47(37-22-13-7-14-23-37)38-24-15-8-16-25-38/h5-6,9-12,17-21,26-31,37-38,41H,7-8,13-16,22-25,32H2,1-4H3. The molecule has 2 aliphatic rings. The molecule has 0 spiro atoms. The lowest BCUT2D eigenvalue weighted by atomic mass is 9.96. The first kappa shape index (κ1) is 35.1. The van der Waals surface area contributed by atoms with Crippen LogP contribution in [0.5, 0.6) is 5.75 Å². The molecule has 5 heteroatoms. The van der Waals surface area contributed by atoms with Crippen molar-refractivity contribution in [3.8, 4) is 16.9 Å². The summed E-state index contributed by atoms with van der Waals surface area (Å²) < 4.78 is 23.0. The van der Waals surface area contributed by atoms with Crippen LogP contribution in [0.4, 0.5) is 0 Å². The smallest absolute Gasteiger partial charge is 0.127 e. The van der Waals surface area contributed by atoms with Gasteiger partial charge >= 0.3 is 0 Å². The summed E-state index contributed by atoms with van der Waals surface area (Å²) in [5, 5.41) is 1.44. The maximum atomic E-state index is 14.3. The van der Waals surface area contributed by atoms with Crippen molar-refractivity contribution in [1.29, 1.82) is 0 Å². The normalized spacial score (nSPS) is 17.8. The Morgan fingerprint density at radius 1 is 0.708 bits per heavy atom. The van der Waals surface area contributed by atoms with Crippen LogP contribution in [0.15, 0.2) is 103 Å². The molecule has 2 aliphatic carbocycles. The quantitative estimate of drug-likeness (QED) is 0.148. The second-order valence-electron chi connectivity index (χ2n) is 14.8. The molecule has 0 saturated heterocycles. The predicted octanol–water partition coefficient (Wildman–Crippen LogP) is 11.2. The molecule has 254 valence electrons. The van der Waals surface area contributed by atoms with Gasteiger partial charge in [0.1, 0.15) is 23.3 Å². The van der Waals surface area contributed by atoms with Crippen molar-refractivity contribution in [2.24, 2.45) is 0 Å². The molecule has 0 N–H and O–H groups in total. The van der Waals surface area contributed by atoms with Gasteiger partial charge in [0.05, 0.1) is 10.8 Å². The molecule has 2 fully saturated rings. The molecular weight excluding hydrogens is 626 g/mol. The lowest BCUT2D eigenvalue weighted by Crippen LogP contribution is -2.40. The van der Waals surface area contributed by atoms with Crippen LogP contribution in [0.25, 0.3) is 11.1 Å². The van der Waals surface area contributed by atoms with Crippen molar-refractivity contribution in [2.75, 3.05) is 7.05 Å². The molecule has 6 rings (SSSR count). The van der Waals surface area contributed by atoms with Crippen molar-refractivity contribution in [3.63, 3.8) is 0 Å². The van der Waals surface area contributed by atoms with Gasteiger partial charge in [0.15, 0.2) is 0 Å². The molecule has 0 amide bonds. The third-order valence-electron chi connectivity index (χ3n) is 10.2. The minimum atomic E-state index is -1.23. The molecule has 0 radical (unpaired) electrons. The summed E-state index contributed by atoms with van der Waals surface area (Å²) in [7, 11) is 0.344. The number of ether oxygens (including phenoxy) is 1. The van der Waals surface area contributed by atoms with E-state index < -0.39 is 23.7 Å². The molecule has 0 aliphatic heterocycles. The van der Waals surface area contributed by atoms with E-state index in [1.54, 1.807) is 0 Å². The molecule has 4 aromatic rings. The van der Waals surface area contributed by atoms with Crippen LogP contribution < -0.4 is 10.0 Å². The van der Waals surface area contributed by atoms with Crippen LogP contribution in [0.3, 0.4) is 0 Å². The Hall–Kier alpha value is -2.78. The lowest BCUT2D eigenvalue weighted by molar-refractivity contribution is 0.308. The predicted molar refractivity (Wildman–Crippen MR) is 207 cm³/mol. The van der Waals surface area contributed by atoms with E-state index in [0.29, 0.717) is 17.9 Å². The van der Waals surface area contributed by atoms with E-state index in [4.69, 9.17) is 4.74 Å². The van der Waals surface area contributed by atoms with Gasteiger partial charge in [-0.1, -0.05) is 144 Å². The van der Waals surface area contributed by atoms with Crippen molar-refractivity contribution >= 4 is 24.2 Å². The van der Waals surface area contributed by atoms with Crippen LogP contribution in [0.2, 0.25) is 0 Å². The number of hydrogen-bond donors (Lipinski definition) is 0. The van der Waals surface area contributed by atoms with Gasteiger partial charge in [-0.3, -0.25) is 0 Å². The fourth-order valence-corrected chi connectivity index (χ4v) is 13.2. The second kappa shape index (κ2) is 16.3. The third kappa shape index (κ3) is 8.32. The highest BCUT2D eigenvalue weighted by Crippen LogP contribution is 2.58. The molecular formula is C43H54NO2PS. The first-order valence-electron chi connectivity index (χ1n) is 18.2. The van der Waals surface area contributed by atoms with Crippen LogP contribution >= 0.6 is 7.92 Å².